The molecule has 0 radical (unpaired) electrons. The van der Waals surface area contributed by atoms with Crippen LogP contribution in [-0.4, -0.2) is 40.5 Å². The molecule has 0 bridgehead atoms. The maximum atomic E-state index is 12.4. The molecule has 0 aromatic rings. The standard InChI is InChI=1S/C14H24N2O3/c1-14(15,11-3-4-11)13(19)16-8-6-10(7-9-16)2-5-12(17)18/h10-11H,2-9,15H2,1H3,(H,17,18). The van der Waals surface area contributed by atoms with Gasteiger partial charge in [-0.3, -0.25) is 9.59 Å². The SMILES string of the molecule is CC(N)(C(=O)N1CCC(CCC(=O)O)CC1)C1CC1. The molecule has 19 heavy (non-hydrogen) atoms. The zero-order chi connectivity index (χ0) is 14.0. The molecule has 0 aromatic heterocycles. The third kappa shape index (κ3) is 3.47. The zero-order valence-electron chi connectivity index (χ0n) is 11.6. The van der Waals surface area contributed by atoms with Crippen molar-refractivity contribution >= 4 is 11.9 Å². The lowest BCUT2D eigenvalue weighted by Crippen LogP contribution is -2.56. The Hall–Kier alpha value is -1.10. The van der Waals surface area contributed by atoms with Crippen molar-refractivity contribution in [3.05, 3.63) is 0 Å². The second-order valence-corrected chi connectivity index (χ2v) is 6.22. The average molecular weight is 268 g/mol. The van der Waals surface area contributed by atoms with Gasteiger partial charge < -0.3 is 15.7 Å². The Morgan fingerprint density at radius 1 is 1.26 bits per heavy atom. The van der Waals surface area contributed by atoms with E-state index in [2.05, 4.69) is 0 Å². The number of likely N-dealkylation sites (tertiary alicyclic amines) is 1. The van der Waals surface area contributed by atoms with Crippen molar-refractivity contribution in [3.8, 4) is 0 Å². The van der Waals surface area contributed by atoms with Crippen LogP contribution in [0.5, 0.6) is 0 Å². The summed E-state index contributed by atoms with van der Waals surface area (Å²) in [5.41, 5.74) is 5.46. The second kappa shape index (κ2) is 5.49. The Morgan fingerprint density at radius 3 is 2.32 bits per heavy atom. The van der Waals surface area contributed by atoms with Gasteiger partial charge in [-0.2, -0.15) is 0 Å². The van der Waals surface area contributed by atoms with Crippen LogP contribution in [0, 0.1) is 11.8 Å². The Kier molecular flexibility index (Phi) is 4.13. The first-order chi connectivity index (χ1) is 8.91. The van der Waals surface area contributed by atoms with E-state index in [1.54, 1.807) is 0 Å². The summed E-state index contributed by atoms with van der Waals surface area (Å²) in [5, 5.41) is 8.68. The summed E-state index contributed by atoms with van der Waals surface area (Å²) in [7, 11) is 0. The number of nitrogens with zero attached hydrogens (tertiary/aromatic N) is 1. The van der Waals surface area contributed by atoms with E-state index in [0.29, 0.717) is 11.8 Å². The van der Waals surface area contributed by atoms with Crippen molar-refractivity contribution in [1.82, 2.24) is 4.90 Å². The van der Waals surface area contributed by atoms with E-state index in [4.69, 9.17) is 10.8 Å². The third-order valence-electron chi connectivity index (χ3n) is 4.55. The van der Waals surface area contributed by atoms with Gasteiger partial charge in [-0.1, -0.05) is 0 Å². The molecule has 1 aliphatic carbocycles. The minimum Gasteiger partial charge on any atom is -0.481 e. The maximum Gasteiger partial charge on any atom is 0.303 e. The zero-order valence-corrected chi connectivity index (χ0v) is 11.6. The molecule has 5 nitrogen and oxygen atoms in total. The summed E-state index contributed by atoms with van der Waals surface area (Å²) in [5.74, 6) is 0.128. The van der Waals surface area contributed by atoms with Gasteiger partial charge in [-0.25, -0.2) is 0 Å². The molecule has 1 amide bonds. The van der Waals surface area contributed by atoms with Gasteiger partial charge in [0.15, 0.2) is 0 Å². The van der Waals surface area contributed by atoms with Gasteiger partial charge in [0.2, 0.25) is 5.91 Å². The van der Waals surface area contributed by atoms with E-state index in [9.17, 15) is 9.59 Å². The lowest BCUT2D eigenvalue weighted by molar-refractivity contribution is -0.140. The summed E-state index contributed by atoms with van der Waals surface area (Å²) in [6, 6.07) is 0. The smallest absolute Gasteiger partial charge is 0.303 e. The number of hydrogen-bond donors (Lipinski definition) is 2. The first-order valence-corrected chi connectivity index (χ1v) is 7.21. The van der Waals surface area contributed by atoms with Gasteiger partial charge in [-0.05, 0) is 50.9 Å². The number of carboxylic acids is 1. The molecule has 1 aliphatic heterocycles. The van der Waals surface area contributed by atoms with Gasteiger partial charge >= 0.3 is 5.97 Å². The van der Waals surface area contributed by atoms with Crippen LogP contribution in [0.3, 0.4) is 0 Å². The fraction of sp³-hybridized carbons (Fsp3) is 0.857. The fourth-order valence-electron chi connectivity index (χ4n) is 2.95. The lowest BCUT2D eigenvalue weighted by Gasteiger charge is -2.37. The van der Waals surface area contributed by atoms with E-state index in [0.717, 1.165) is 45.2 Å². The highest BCUT2D eigenvalue weighted by atomic mass is 16.4. The number of rotatable bonds is 5. The molecule has 3 N–H and O–H groups in total. The predicted octanol–water partition coefficient (Wildman–Crippen LogP) is 1.22. The number of hydrogen-bond acceptors (Lipinski definition) is 3. The van der Waals surface area contributed by atoms with Crippen molar-refractivity contribution in [1.29, 1.82) is 0 Å². The van der Waals surface area contributed by atoms with Crippen LogP contribution in [0.25, 0.3) is 0 Å². The van der Waals surface area contributed by atoms with Crippen LogP contribution in [0.2, 0.25) is 0 Å². The molecule has 2 rings (SSSR count). The summed E-state index contributed by atoms with van der Waals surface area (Å²) >= 11 is 0. The van der Waals surface area contributed by atoms with Crippen LogP contribution < -0.4 is 5.73 Å². The van der Waals surface area contributed by atoms with Crippen molar-refractivity contribution in [3.63, 3.8) is 0 Å². The fourth-order valence-corrected chi connectivity index (χ4v) is 2.95. The molecule has 1 saturated carbocycles. The van der Waals surface area contributed by atoms with Gasteiger partial charge in [-0.15, -0.1) is 0 Å². The van der Waals surface area contributed by atoms with E-state index in [-0.39, 0.29) is 12.3 Å². The largest absolute Gasteiger partial charge is 0.481 e. The Balaban J connectivity index is 1.79. The minimum atomic E-state index is -0.734. The first-order valence-electron chi connectivity index (χ1n) is 7.21. The number of carbonyl (C=O) groups excluding carboxylic acids is 1. The number of nitrogens with two attached hydrogens (primary N) is 1. The number of aliphatic carboxylic acids is 1. The average Bonchev–Trinajstić information content (AvgIpc) is 3.20. The highest BCUT2D eigenvalue weighted by Crippen LogP contribution is 2.39. The molecular weight excluding hydrogens is 244 g/mol. The Labute approximate surface area is 114 Å². The van der Waals surface area contributed by atoms with E-state index < -0.39 is 11.5 Å². The van der Waals surface area contributed by atoms with Gasteiger partial charge in [0, 0.05) is 19.5 Å². The van der Waals surface area contributed by atoms with E-state index in [1.165, 1.54) is 0 Å². The molecule has 2 fully saturated rings. The molecular formula is C14H24N2O3. The summed E-state index contributed by atoms with van der Waals surface area (Å²) in [4.78, 5) is 24.8. The van der Waals surface area contributed by atoms with Gasteiger partial charge in [0.25, 0.3) is 0 Å². The number of carbonyl (C=O) groups is 2. The monoisotopic (exact) mass is 268 g/mol. The van der Waals surface area contributed by atoms with Crippen LogP contribution in [0.1, 0.15) is 45.4 Å². The lowest BCUT2D eigenvalue weighted by atomic mass is 9.89. The van der Waals surface area contributed by atoms with E-state index in [1.807, 2.05) is 11.8 Å². The van der Waals surface area contributed by atoms with Crippen LogP contribution in [-0.2, 0) is 9.59 Å². The molecule has 0 aromatic carbocycles. The Bertz CT molecular complexity index is 356. The molecule has 0 spiro atoms. The quantitative estimate of drug-likeness (QED) is 0.785. The third-order valence-corrected chi connectivity index (χ3v) is 4.55. The summed E-state index contributed by atoms with van der Waals surface area (Å²) in [6.07, 6.45) is 4.89. The molecule has 108 valence electrons. The topological polar surface area (TPSA) is 83.6 Å². The van der Waals surface area contributed by atoms with Crippen molar-refractivity contribution < 1.29 is 14.7 Å². The van der Waals surface area contributed by atoms with Crippen LogP contribution in [0.4, 0.5) is 0 Å². The summed E-state index contributed by atoms with van der Waals surface area (Å²) < 4.78 is 0. The van der Waals surface area contributed by atoms with E-state index >= 15 is 0 Å². The summed E-state index contributed by atoms with van der Waals surface area (Å²) in [6.45, 7) is 3.30. The van der Waals surface area contributed by atoms with Crippen LogP contribution in [0.15, 0.2) is 0 Å². The van der Waals surface area contributed by atoms with Gasteiger partial charge in [0.1, 0.15) is 0 Å². The minimum absolute atomic E-state index is 0.0756. The Morgan fingerprint density at radius 2 is 1.84 bits per heavy atom. The molecule has 1 saturated heterocycles. The maximum absolute atomic E-state index is 12.4. The predicted molar refractivity (Wildman–Crippen MR) is 71.5 cm³/mol. The van der Waals surface area contributed by atoms with Gasteiger partial charge in [0.05, 0.1) is 5.54 Å². The first kappa shape index (κ1) is 14.3. The molecule has 1 unspecified atom stereocenters. The molecule has 5 heteroatoms. The highest BCUT2D eigenvalue weighted by molar-refractivity contribution is 5.86. The highest BCUT2D eigenvalue weighted by Gasteiger charge is 2.46. The van der Waals surface area contributed by atoms with Crippen molar-refractivity contribution in [2.45, 2.75) is 51.0 Å². The second-order valence-electron chi connectivity index (χ2n) is 6.22. The number of piperidine rings is 1. The van der Waals surface area contributed by atoms with Crippen LogP contribution >= 0.6 is 0 Å². The normalized spacial score (nSPS) is 24.0. The number of amides is 1. The molecule has 1 atom stereocenters. The van der Waals surface area contributed by atoms with Crippen molar-refractivity contribution in [2.75, 3.05) is 13.1 Å². The number of carboxylic acid groups (broad SMARTS) is 1. The molecule has 2 aliphatic rings. The molecule has 1 heterocycles. The van der Waals surface area contributed by atoms with Crippen molar-refractivity contribution in [2.24, 2.45) is 17.6 Å².